The Morgan fingerprint density at radius 1 is 1.33 bits per heavy atom. The van der Waals surface area contributed by atoms with Gasteiger partial charge in [-0.05, 0) is 36.8 Å². The molecule has 0 aliphatic heterocycles. The lowest BCUT2D eigenvalue weighted by atomic mass is 10.2. The first-order chi connectivity index (χ1) is 9.81. The molecule has 0 atom stereocenters. The van der Waals surface area contributed by atoms with Gasteiger partial charge in [0.2, 0.25) is 0 Å². The summed E-state index contributed by atoms with van der Waals surface area (Å²) in [5.74, 6) is -1.22. The number of aromatic carboxylic acids is 1. The maximum Gasteiger partial charge on any atom is 0.337 e. The van der Waals surface area contributed by atoms with Crippen LogP contribution in [0.15, 0.2) is 41.6 Å². The van der Waals surface area contributed by atoms with E-state index in [2.05, 4.69) is 9.71 Å². The summed E-state index contributed by atoms with van der Waals surface area (Å²) in [5, 5.41) is 8.73. The number of carbonyl (C=O) groups is 1. The lowest BCUT2D eigenvalue weighted by molar-refractivity contribution is 0.0697. The number of benzene rings is 1. The number of hydrogen-bond donors (Lipinski definition) is 2. The fraction of sp³-hybridized carbons (Fsp3) is 0.0769. The van der Waals surface area contributed by atoms with Crippen molar-refractivity contribution in [3.05, 3.63) is 52.8 Å². The Labute approximate surface area is 126 Å². The van der Waals surface area contributed by atoms with E-state index in [9.17, 15) is 13.2 Å². The van der Waals surface area contributed by atoms with Crippen LogP contribution in [0, 0.1) is 6.92 Å². The van der Waals surface area contributed by atoms with E-state index in [1.54, 1.807) is 19.2 Å². The second kappa shape index (κ2) is 5.71. The molecule has 0 unspecified atom stereocenters. The van der Waals surface area contributed by atoms with E-state index < -0.39 is 16.0 Å². The van der Waals surface area contributed by atoms with Crippen LogP contribution in [0.2, 0.25) is 5.02 Å². The molecule has 2 rings (SSSR count). The van der Waals surface area contributed by atoms with Gasteiger partial charge in [-0.3, -0.25) is 9.71 Å². The van der Waals surface area contributed by atoms with Crippen LogP contribution in [0.5, 0.6) is 0 Å². The van der Waals surface area contributed by atoms with Crippen molar-refractivity contribution < 1.29 is 18.3 Å². The minimum absolute atomic E-state index is 0.124. The van der Waals surface area contributed by atoms with Crippen molar-refractivity contribution in [1.29, 1.82) is 0 Å². The van der Waals surface area contributed by atoms with Gasteiger partial charge in [0, 0.05) is 6.20 Å². The standard InChI is InChI=1S/C13H11ClN2O4S/c1-8-4-5-15-7-12(8)16-21(19,20)9-2-3-10(13(17)18)11(14)6-9/h2-7,16H,1H3,(H,17,18). The lowest BCUT2D eigenvalue weighted by Crippen LogP contribution is -2.14. The minimum atomic E-state index is -3.87. The van der Waals surface area contributed by atoms with Crippen LogP contribution >= 0.6 is 11.6 Å². The molecule has 6 nitrogen and oxygen atoms in total. The van der Waals surface area contributed by atoms with Gasteiger partial charge < -0.3 is 5.11 Å². The molecule has 1 aromatic carbocycles. The van der Waals surface area contributed by atoms with Crippen LogP contribution in [-0.2, 0) is 10.0 Å². The summed E-state index contributed by atoms with van der Waals surface area (Å²) in [6, 6.07) is 5.09. The molecule has 0 fully saturated rings. The van der Waals surface area contributed by atoms with Crippen molar-refractivity contribution >= 4 is 33.3 Å². The molecule has 2 aromatic rings. The van der Waals surface area contributed by atoms with Crippen LogP contribution < -0.4 is 4.72 Å². The fourth-order valence-electron chi connectivity index (χ4n) is 1.61. The zero-order valence-corrected chi connectivity index (χ0v) is 12.4. The number of sulfonamides is 1. The molecule has 0 bridgehead atoms. The van der Waals surface area contributed by atoms with Gasteiger partial charge in [-0.1, -0.05) is 11.6 Å². The number of hydrogen-bond acceptors (Lipinski definition) is 4. The molecular weight excluding hydrogens is 316 g/mol. The Kier molecular flexibility index (Phi) is 4.15. The SMILES string of the molecule is Cc1ccncc1NS(=O)(=O)c1ccc(C(=O)O)c(Cl)c1. The summed E-state index contributed by atoms with van der Waals surface area (Å²) in [4.78, 5) is 14.6. The molecule has 2 N–H and O–H groups in total. The first kappa shape index (κ1) is 15.3. The van der Waals surface area contributed by atoms with E-state index in [-0.39, 0.29) is 15.5 Å². The highest BCUT2D eigenvalue weighted by atomic mass is 35.5. The van der Waals surface area contributed by atoms with E-state index >= 15 is 0 Å². The third-order valence-electron chi connectivity index (χ3n) is 2.76. The Morgan fingerprint density at radius 3 is 2.62 bits per heavy atom. The molecule has 1 aromatic heterocycles. The first-order valence-electron chi connectivity index (χ1n) is 5.77. The van der Waals surface area contributed by atoms with Crippen molar-refractivity contribution in [3.8, 4) is 0 Å². The second-order valence-corrected chi connectivity index (χ2v) is 6.33. The molecule has 21 heavy (non-hydrogen) atoms. The Morgan fingerprint density at radius 2 is 2.05 bits per heavy atom. The lowest BCUT2D eigenvalue weighted by Gasteiger charge is -2.10. The molecule has 110 valence electrons. The van der Waals surface area contributed by atoms with E-state index in [0.29, 0.717) is 11.3 Å². The van der Waals surface area contributed by atoms with Gasteiger partial charge in [0.25, 0.3) is 10.0 Å². The highest BCUT2D eigenvalue weighted by molar-refractivity contribution is 7.92. The van der Waals surface area contributed by atoms with Crippen LogP contribution in [0.4, 0.5) is 5.69 Å². The Bertz CT molecular complexity index is 806. The monoisotopic (exact) mass is 326 g/mol. The highest BCUT2D eigenvalue weighted by Crippen LogP contribution is 2.23. The van der Waals surface area contributed by atoms with Gasteiger partial charge in [-0.15, -0.1) is 0 Å². The zero-order chi connectivity index (χ0) is 15.6. The number of nitrogens with one attached hydrogen (secondary N) is 1. The minimum Gasteiger partial charge on any atom is -0.478 e. The molecule has 0 radical (unpaired) electrons. The van der Waals surface area contributed by atoms with Gasteiger partial charge >= 0.3 is 5.97 Å². The number of halogens is 1. The normalized spacial score (nSPS) is 11.1. The summed E-state index contributed by atoms with van der Waals surface area (Å²) in [6.45, 7) is 1.74. The molecule has 0 spiro atoms. The summed E-state index contributed by atoms with van der Waals surface area (Å²) in [6.07, 6.45) is 2.94. The summed E-state index contributed by atoms with van der Waals surface area (Å²) < 4.78 is 26.9. The van der Waals surface area contributed by atoms with Gasteiger partial charge in [0.05, 0.1) is 27.4 Å². The highest BCUT2D eigenvalue weighted by Gasteiger charge is 2.18. The molecule has 0 aliphatic rings. The Balaban J connectivity index is 2.39. The number of carboxylic acid groups (broad SMARTS) is 1. The van der Waals surface area contributed by atoms with E-state index in [0.717, 1.165) is 12.1 Å². The largest absolute Gasteiger partial charge is 0.478 e. The third kappa shape index (κ3) is 3.32. The number of aryl methyl sites for hydroxylation is 1. The van der Waals surface area contributed by atoms with Gasteiger partial charge in [-0.25, -0.2) is 13.2 Å². The maximum atomic E-state index is 12.2. The molecule has 1 heterocycles. The van der Waals surface area contributed by atoms with Gasteiger partial charge in [0.1, 0.15) is 0 Å². The number of carboxylic acids is 1. The smallest absolute Gasteiger partial charge is 0.337 e. The molecule has 0 saturated heterocycles. The predicted molar refractivity (Wildman–Crippen MR) is 78.2 cm³/mol. The Hall–Kier alpha value is -2.12. The molecule has 0 saturated carbocycles. The maximum absolute atomic E-state index is 12.2. The summed E-state index contributed by atoms with van der Waals surface area (Å²) in [5.41, 5.74) is 0.894. The second-order valence-electron chi connectivity index (χ2n) is 4.24. The van der Waals surface area contributed by atoms with Crippen molar-refractivity contribution in [2.24, 2.45) is 0 Å². The zero-order valence-electron chi connectivity index (χ0n) is 10.9. The van der Waals surface area contributed by atoms with Crippen LogP contribution in [0.25, 0.3) is 0 Å². The van der Waals surface area contributed by atoms with Crippen molar-refractivity contribution in [2.45, 2.75) is 11.8 Å². The predicted octanol–water partition coefficient (Wildman–Crippen LogP) is 2.54. The van der Waals surface area contributed by atoms with Crippen LogP contribution in [0.1, 0.15) is 15.9 Å². The van der Waals surface area contributed by atoms with Crippen LogP contribution in [-0.4, -0.2) is 24.5 Å². The topological polar surface area (TPSA) is 96.4 Å². The fourth-order valence-corrected chi connectivity index (χ4v) is 3.08. The van der Waals surface area contributed by atoms with Crippen molar-refractivity contribution in [1.82, 2.24) is 4.98 Å². The van der Waals surface area contributed by atoms with Crippen molar-refractivity contribution in [2.75, 3.05) is 4.72 Å². The number of anilines is 1. The average molecular weight is 327 g/mol. The van der Waals surface area contributed by atoms with Crippen LogP contribution in [0.3, 0.4) is 0 Å². The molecule has 0 aliphatic carbocycles. The number of rotatable bonds is 4. The van der Waals surface area contributed by atoms with Gasteiger partial charge in [-0.2, -0.15) is 0 Å². The summed E-state index contributed by atoms with van der Waals surface area (Å²) in [7, 11) is -3.87. The third-order valence-corrected chi connectivity index (χ3v) is 4.44. The summed E-state index contributed by atoms with van der Waals surface area (Å²) >= 11 is 5.78. The first-order valence-corrected chi connectivity index (χ1v) is 7.63. The molecule has 8 heteroatoms. The number of aromatic nitrogens is 1. The number of nitrogens with zero attached hydrogens (tertiary/aromatic N) is 1. The molecular formula is C13H11ClN2O4S. The van der Waals surface area contributed by atoms with Crippen molar-refractivity contribution in [3.63, 3.8) is 0 Å². The molecule has 0 amide bonds. The average Bonchev–Trinajstić information content (AvgIpc) is 2.40. The quantitative estimate of drug-likeness (QED) is 0.900. The van der Waals surface area contributed by atoms with E-state index in [4.69, 9.17) is 16.7 Å². The van der Waals surface area contributed by atoms with Gasteiger partial charge in [0.15, 0.2) is 0 Å². The van der Waals surface area contributed by atoms with E-state index in [1.165, 1.54) is 12.3 Å². The van der Waals surface area contributed by atoms with E-state index in [1.807, 2.05) is 0 Å². The number of pyridine rings is 1.